The third kappa shape index (κ3) is 3.27. The van der Waals surface area contributed by atoms with E-state index in [-0.39, 0.29) is 0 Å². The maximum atomic E-state index is 4.65. The van der Waals surface area contributed by atoms with Crippen LogP contribution in [-0.2, 0) is 6.54 Å². The highest BCUT2D eigenvalue weighted by atomic mass is 79.9. The van der Waals surface area contributed by atoms with Crippen LogP contribution < -0.4 is 10.2 Å². The summed E-state index contributed by atoms with van der Waals surface area (Å²) in [4.78, 5) is 7.06. The van der Waals surface area contributed by atoms with E-state index in [9.17, 15) is 0 Å². The van der Waals surface area contributed by atoms with Crippen LogP contribution in [0.4, 0.5) is 5.82 Å². The van der Waals surface area contributed by atoms with Crippen LogP contribution in [0.5, 0.6) is 0 Å². The molecule has 3 rings (SSSR count). The Hall–Kier alpha value is -1.39. The molecule has 0 saturated carbocycles. The number of anilines is 1. The number of benzene rings is 1. The lowest BCUT2D eigenvalue weighted by Crippen LogP contribution is -2.23. The highest BCUT2D eigenvalue weighted by molar-refractivity contribution is 9.10. The van der Waals surface area contributed by atoms with Gasteiger partial charge in [-0.15, -0.1) is 0 Å². The zero-order chi connectivity index (χ0) is 14.7. The molecule has 4 heteroatoms. The Morgan fingerprint density at radius 2 is 2.14 bits per heavy atom. The molecule has 0 radical (unpaired) electrons. The predicted octanol–water partition coefficient (Wildman–Crippen LogP) is 3.56. The molecule has 1 N–H and O–H groups in total. The molecule has 0 bridgehead atoms. The van der Waals surface area contributed by atoms with Crippen LogP contribution in [-0.4, -0.2) is 25.1 Å². The van der Waals surface area contributed by atoms with Crippen LogP contribution in [0, 0.1) is 0 Å². The van der Waals surface area contributed by atoms with Crippen molar-refractivity contribution < 1.29 is 0 Å². The minimum atomic E-state index is 0.610. The van der Waals surface area contributed by atoms with Gasteiger partial charge in [0.05, 0.1) is 0 Å². The molecule has 1 aromatic carbocycles. The van der Waals surface area contributed by atoms with Gasteiger partial charge >= 0.3 is 0 Å². The molecule has 1 aromatic heterocycles. The van der Waals surface area contributed by atoms with E-state index in [0.717, 1.165) is 29.9 Å². The van der Waals surface area contributed by atoms with Gasteiger partial charge in [0.2, 0.25) is 0 Å². The first-order valence-electron chi connectivity index (χ1n) is 7.37. The monoisotopic (exact) mass is 345 g/mol. The average molecular weight is 346 g/mol. The van der Waals surface area contributed by atoms with E-state index in [2.05, 4.69) is 67.5 Å². The smallest absolute Gasteiger partial charge is 0.133 e. The van der Waals surface area contributed by atoms with Crippen LogP contribution in [0.15, 0.2) is 47.1 Å². The molecular weight excluding hydrogens is 326 g/mol. The fourth-order valence-corrected chi connectivity index (χ4v) is 3.41. The minimum Gasteiger partial charge on any atom is -0.356 e. The second-order valence-corrected chi connectivity index (χ2v) is 6.42. The summed E-state index contributed by atoms with van der Waals surface area (Å²) in [5, 5.41) is 3.23. The Balaban J connectivity index is 1.80. The number of nitrogens with one attached hydrogen (secondary N) is 1. The molecule has 21 heavy (non-hydrogen) atoms. The maximum Gasteiger partial charge on any atom is 0.133 e. The molecule has 1 aliphatic heterocycles. The second-order valence-electron chi connectivity index (χ2n) is 5.51. The highest BCUT2D eigenvalue weighted by Crippen LogP contribution is 2.32. The molecule has 110 valence electrons. The van der Waals surface area contributed by atoms with Gasteiger partial charge in [-0.3, -0.25) is 0 Å². The number of rotatable bonds is 4. The standard InChI is InChI=1S/C17H20BrN3/c1-19-10-15-9-16(18)11-20-17(15)21-8-7-14(12-21)13-5-3-2-4-6-13/h2-6,9,11,14,19H,7-8,10,12H2,1H3. The largest absolute Gasteiger partial charge is 0.356 e. The number of hydrogen-bond acceptors (Lipinski definition) is 3. The Kier molecular flexibility index (Phi) is 4.56. The van der Waals surface area contributed by atoms with E-state index in [0.29, 0.717) is 5.92 Å². The van der Waals surface area contributed by atoms with Crippen molar-refractivity contribution in [2.75, 3.05) is 25.0 Å². The van der Waals surface area contributed by atoms with Crippen LogP contribution in [0.1, 0.15) is 23.5 Å². The maximum absolute atomic E-state index is 4.65. The molecule has 2 aromatic rings. The average Bonchev–Trinajstić information content (AvgIpc) is 2.98. The van der Waals surface area contributed by atoms with Gasteiger partial charge in [-0.25, -0.2) is 4.98 Å². The quantitative estimate of drug-likeness (QED) is 0.918. The lowest BCUT2D eigenvalue weighted by atomic mass is 9.99. The molecule has 0 aliphatic carbocycles. The normalized spacial score (nSPS) is 18.2. The summed E-state index contributed by atoms with van der Waals surface area (Å²) >= 11 is 3.51. The van der Waals surface area contributed by atoms with Crippen molar-refractivity contribution in [1.82, 2.24) is 10.3 Å². The summed E-state index contributed by atoms with van der Waals surface area (Å²) in [6.45, 7) is 2.97. The van der Waals surface area contributed by atoms with Gasteiger partial charge in [-0.2, -0.15) is 0 Å². The third-order valence-electron chi connectivity index (χ3n) is 4.04. The van der Waals surface area contributed by atoms with Crippen LogP contribution in [0.2, 0.25) is 0 Å². The van der Waals surface area contributed by atoms with Gasteiger partial charge in [0.1, 0.15) is 5.82 Å². The highest BCUT2D eigenvalue weighted by Gasteiger charge is 2.26. The summed E-state index contributed by atoms with van der Waals surface area (Å²) in [7, 11) is 1.97. The van der Waals surface area contributed by atoms with Gasteiger partial charge in [0.25, 0.3) is 0 Å². The molecule has 1 unspecified atom stereocenters. The summed E-state index contributed by atoms with van der Waals surface area (Å²) in [6, 6.07) is 13.0. The molecule has 3 nitrogen and oxygen atoms in total. The zero-order valence-electron chi connectivity index (χ0n) is 12.2. The lowest BCUT2D eigenvalue weighted by Gasteiger charge is -2.21. The predicted molar refractivity (Wildman–Crippen MR) is 90.7 cm³/mol. The van der Waals surface area contributed by atoms with E-state index >= 15 is 0 Å². The van der Waals surface area contributed by atoms with Crippen molar-refractivity contribution in [3.05, 3.63) is 58.2 Å². The minimum absolute atomic E-state index is 0.610. The topological polar surface area (TPSA) is 28.2 Å². The van der Waals surface area contributed by atoms with Gasteiger partial charge < -0.3 is 10.2 Å². The third-order valence-corrected chi connectivity index (χ3v) is 4.47. The van der Waals surface area contributed by atoms with Crippen molar-refractivity contribution >= 4 is 21.7 Å². The van der Waals surface area contributed by atoms with Crippen LogP contribution >= 0.6 is 15.9 Å². The van der Waals surface area contributed by atoms with E-state index in [1.54, 1.807) is 0 Å². The van der Waals surface area contributed by atoms with Crippen molar-refractivity contribution in [3.8, 4) is 0 Å². The Labute approximate surface area is 134 Å². The fourth-order valence-electron chi connectivity index (χ4n) is 3.03. The number of pyridine rings is 1. The van der Waals surface area contributed by atoms with Crippen molar-refractivity contribution in [2.24, 2.45) is 0 Å². The molecule has 0 spiro atoms. The fraction of sp³-hybridized carbons (Fsp3) is 0.353. The molecule has 2 heterocycles. The molecule has 1 atom stereocenters. The van der Waals surface area contributed by atoms with Crippen LogP contribution in [0.25, 0.3) is 0 Å². The van der Waals surface area contributed by atoms with E-state index in [1.807, 2.05) is 13.2 Å². The van der Waals surface area contributed by atoms with Gasteiger partial charge in [0.15, 0.2) is 0 Å². The number of hydrogen-bond donors (Lipinski definition) is 1. The Morgan fingerprint density at radius 3 is 2.90 bits per heavy atom. The Morgan fingerprint density at radius 1 is 1.33 bits per heavy atom. The number of halogens is 1. The molecule has 1 fully saturated rings. The number of nitrogens with zero attached hydrogens (tertiary/aromatic N) is 2. The van der Waals surface area contributed by atoms with Crippen molar-refractivity contribution in [1.29, 1.82) is 0 Å². The summed E-state index contributed by atoms with van der Waals surface area (Å²) in [5.74, 6) is 1.73. The second kappa shape index (κ2) is 6.58. The van der Waals surface area contributed by atoms with Crippen LogP contribution in [0.3, 0.4) is 0 Å². The molecule has 0 amide bonds. The van der Waals surface area contributed by atoms with Gasteiger partial charge in [-0.05, 0) is 41.0 Å². The molecular formula is C17H20BrN3. The summed E-state index contributed by atoms with van der Waals surface area (Å²) in [6.07, 6.45) is 3.09. The van der Waals surface area contributed by atoms with Gasteiger partial charge in [0, 0.05) is 41.8 Å². The van der Waals surface area contributed by atoms with E-state index < -0.39 is 0 Å². The summed E-state index contributed by atoms with van der Waals surface area (Å²) < 4.78 is 1.04. The van der Waals surface area contributed by atoms with E-state index in [4.69, 9.17) is 0 Å². The van der Waals surface area contributed by atoms with Gasteiger partial charge in [-0.1, -0.05) is 30.3 Å². The van der Waals surface area contributed by atoms with E-state index in [1.165, 1.54) is 17.5 Å². The molecule has 1 aliphatic rings. The SMILES string of the molecule is CNCc1cc(Br)cnc1N1CCC(c2ccccc2)C1. The molecule has 1 saturated heterocycles. The first-order valence-corrected chi connectivity index (χ1v) is 8.16. The van der Waals surface area contributed by atoms with Crippen molar-refractivity contribution in [2.45, 2.75) is 18.9 Å². The zero-order valence-corrected chi connectivity index (χ0v) is 13.8. The number of aromatic nitrogens is 1. The van der Waals surface area contributed by atoms with Crippen molar-refractivity contribution in [3.63, 3.8) is 0 Å². The summed E-state index contributed by atoms with van der Waals surface area (Å²) in [5.41, 5.74) is 2.69. The Bertz CT molecular complexity index is 600. The lowest BCUT2D eigenvalue weighted by molar-refractivity contribution is 0.770. The first-order chi connectivity index (χ1) is 10.3. The first kappa shape index (κ1) is 14.5.